The Hall–Kier alpha value is -3.98. The fourth-order valence-corrected chi connectivity index (χ4v) is 4.25. The molecule has 1 aliphatic heterocycles. The average molecular weight is 493 g/mol. The molecule has 0 spiro atoms. The van der Waals surface area contributed by atoms with Gasteiger partial charge in [0.25, 0.3) is 0 Å². The number of H-pyrrole nitrogens is 1. The molecule has 36 heavy (non-hydrogen) atoms. The molecule has 1 atom stereocenters. The van der Waals surface area contributed by atoms with E-state index in [1.807, 2.05) is 61.7 Å². The number of carbonyl (C=O) groups excluding carboxylic acids is 2. The zero-order valence-electron chi connectivity index (χ0n) is 20.8. The van der Waals surface area contributed by atoms with E-state index in [1.165, 1.54) is 17.1 Å². The van der Waals surface area contributed by atoms with Crippen molar-refractivity contribution in [2.24, 2.45) is 0 Å². The molecular formula is C27H32N4O5. The molecule has 2 amide bonds. The van der Waals surface area contributed by atoms with Gasteiger partial charge in [-0.15, -0.1) is 4.94 Å². The number of hydrogen-bond acceptors (Lipinski definition) is 6. The largest absolute Gasteiger partial charge is 0.496 e. The number of amides is 2. The van der Waals surface area contributed by atoms with Crippen LogP contribution < -0.4 is 10.1 Å². The Kier molecular flexibility index (Phi) is 8.12. The number of carbonyl (C=O) groups is 2. The number of fused-ring (bicyclic) bond motifs is 1. The fraction of sp³-hybridized carbons (Fsp3) is 0.333. The first-order valence-corrected chi connectivity index (χ1v) is 11.9. The van der Waals surface area contributed by atoms with Crippen LogP contribution >= 0.6 is 0 Å². The molecule has 1 unspecified atom stereocenters. The van der Waals surface area contributed by atoms with Gasteiger partial charge in [-0.05, 0) is 43.0 Å². The first kappa shape index (κ1) is 25.1. The molecule has 0 aliphatic carbocycles. The van der Waals surface area contributed by atoms with Crippen molar-refractivity contribution >= 4 is 22.7 Å². The van der Waals surface area contributed by atoms with Crippen LogP contribution in [0.2, 0.25) is 0 Å². The van der Waals surface area contributed by atoms with E-state index in [-0.39, 0.29) is 25.1 Å². The van der Waals surface area contributed by atoms with E-state index < -0.39 is 6.04 Å². The van der Waals surface area contributed by atoms with Gasteiger partial charge in [-0.3, -0.25) is 9.59 Å². The minimum absolute atomic E-state index is 0.117. The van der Waals surface area contributed by atoms with Gasteiger partial charge in [0.2, 0.25) is 11.8 Å². The number of para-hydroxylation sites is 2. The van der Waals surface area contributed by atoms with Gasteiger partial charge in [0, 0.05) is 37.0 Å². The molecule has 0 bridgehead atoms. The molecule has 3 aromatic rings. The SMILES string of the molecule is COc1ccccc1CCC(=O)NCC(Cc1c[nH]c2ccccc12)N(ON1C=C(C)OC1)C(C)=O. The van der Waals surface area contributed by atoms with Crippen molar-refractivity contribution in [2.75, 3.05) is 20.4 Å². The quantitative estimate of drug-likeness (QED) is 0.397. The first-order valence-electron chi connectivity index (χ1n) is 11.9. The van der Waals surface area contributed by atoms with Crippen LogP contribution in [0.3, 0.4) is 0 Å². The molecule has 2 N–H and O–H groups in total. The van der Waals surface area contributed by atoms with Crippen molar-refractivity contribution in [3.8, 4) is 5.75 Å². The lowest BCUT2D eigenvalue weighted by molar-refractivity contribution is -0.310. The molecule has 0 fully saturated rings. The van der Waals surface area contributed by atoms with Crippen molar-refractivity contribution in [1.29, 1.82) is 0 Å². The highest BCUT2D eigenvalue weighted by atomic mass is 16.9. The number of hydrogen-bond donors (Lipinski definition) is 2. The smallest absolute Gasteiger partial charge is 0.245 e. The monoisotopic (exact) mass is 492 g/mol. The minimum Gasteiger partial charge on any atom is -0.496 e. The highest BCUT2D eigenvalue weighted by molar-refractivity contribution is 5.83. The molecule has 1 aromatic heterocycles. The summed E-state index contributed by atoms with van der Waals surface area (Å²) in [5.41, 5.74) is 3.00. The second-order valence-electron chi connectivity index (χ2n) is 8.69. The third-order valence-electron chi connectivity index (χ3n) is 6.06. The molecule has 0 saturated carbocycles. The summed E-state index contributed by atoms with van der Waals surface area (Å²) in [5.74, 6) is 1.06. The molecule has 2 heterocycles. The topological polar surface area (TPSA) is 96.1 Å². The Morgan fingerprint density at radius 1 is 1.17 bits per heavy atom. The minimum atomic E-state index is -0.453. The van der Waals surface area contributed by atoms with Gasteiger partial charge in [-0.2, -0.15) is 10.1 Å². The van der Waals surface area contributed by atoms with E-state index in [2.05, 4.69) is 10.3 Å². The van der Waals surface area contributed by atoms with E-state index in [4.69, 9.17) is 14.4 Å². The third-order valence-corrected chi connectivity index (χ3v) is 6.06. The molecule has 4 rings (SSSR count). The van der Waals surface area contributed by atoms with Crippen molar-refractivity contribution in [3.63, 3.8) is 0 Å². The number of rotatable bonds is 11. The Labute approximate surface area is 210 Å². The predicted molar refractivity (Wildman–Crippen MR) is 135 cm³/mol. The summed E-state index contributed by atoms with van der Waals surface area (Å²) >= 11 is 0. The van der Waals surface area contributed by atoms with Crippen LogP contribution in [0.15, 0.2) is 66.7 Å². The van der Waals surface area contributed by atoms with E-state index in [0.717, 1.165) is 27.8 Å². The maximum absolute atomic E-state index is 12.8. The summed E-state index contributed by atoms with van der Waals surface area (Å²) in [4.78, 5) is 34.6. The van der Waals surface area contributed by atoms with Crippen LogP contribution in [-0.2, 0) is 32.1 Å². The third kappa shape index (κ3) is 6.17. The second-order valence-corrected chi connectivity index (χ2v) is 8.69. The number of aromatic nitrogens is 1. The average Bonchev–Trinajstić information content (AvgIpc) is 3.49. The number of nitrogens with one attached hydrogen (secondary N) is 2. The number of allylic oxidation sites excluding steroid dienone is 1. The highest BCUT2D eigenvalue weighted by Crippen LogP contribution is 2.22. The molecule has 190 valence electrons. The van der Waals surface area contributed by atoms with Crippen molar-refractivity contribution in [2.45, 2.75) is 39.2 Å². The Balaban J connectivity index is 1.47. The summed E-state index contributed by atoms with van der Waals surface area (Å²) in [6.45, 7) is 3.66. The molecule has 0 radical (unpaired) electrons. The zero-order valence-corrected chi connectivity index (χ0v) is 20.8. The summed E-state index contributed by atoms with van der Waals surface area (Å²) in [7, 11) is 1.62. The van der Waals surface area contributed by atoms with E-state index >= 15 is 0 Å². The molecule has 2 aromatic carbocycles. The zero-order chi connectivity index (χ0) is 25.5. The molecule has 0 saturated heterocycles. The van der Waals surface area contributed by atoms with Crippen LogP contribution in [0.1, 0.15) is 31.4 Å². The summed E-state index contributed by atoms with van der Waals surface area (Å²) in [6, 6.07) is 15.2. The van der Waals surface area contributed by atoms with Gasteiger partial charge in [-0.1, -0.05) is 36.4 Å². The van der Waals surface area contributed by atoms with Crippen molar-refractivity contribution < 1.29 is 24.0 Å². The Morgan fingerprint density at radius 3 is 2.69 bits per heavy atom. The lowest BCUT2D eigenvalue weighted by Crippen LogP contribution is -2.49. The molecule has 1 aliphatic rings. The number of methoxy groups -OCH3 is 1. The van der Waals surface area contributed by atoms with Crippen LogP contribution in [0.25, 0.3) is 10.9 Å². The van der Waals surface area contributed by atoms with E-state index in [0.29, 0.717) is 25.0 Å². The summed E-state index contributed by atoms with van der Waals surface area (Å²) in [5, 5.41) is 6.82. The lowest BCUT2D eigenvalue weighted by atomic mass is 10.0. The first-order chi connectivity index (χ1) is 17.4. The number of ether oxygens (including phenoxy) is 2. The van der Waals surface area contributed by atoms with Gasteiger partial charge < -0.3 is 19.8 Å². The fourth-order valence-electron chi connectivity index (χ4n) is 4.25. The lowest BCUT2D eigenvalue weighted by Gasteiger charge is -2.31. The number of benzene rings is 2. The van der Waals surface area contributed by atoms with Crippen LogP contribution in [0.5, 0.6) is 5.75 Å². The van der Waals surface area contributed by atoms with E-state index in [9.17, 15) is 9.59 Å². The van der Waals surface area contributed by atoms with E-state index in [1.54, 1.807) is 13.3 Å². The molecular weight excluding hydrogens is 460 g/mol. The van der Waals surface area contributed by atoms with Gasteiger partial charge in [-0.25, -0.2) is 0 Å². The number of aryl methyl sites for hydroxylation is 1. The maximum Gasteiger partial charge on any atom is 0.245 e. The molecule has 9 nitrogen and oxygen atoms in total. The predicted octanol–water partition coefficient (Wildman–Crippen LogP) is 3.68. The Bertz CT molecular complexity index is 1240. The second kappa shape index (κ2) is 11.6. The standard InChI is InChI=1S/C27H32N4O5/c1-19-17-30(18-35-19)36-31(20(2)32)23(14-22-15-28-25-10-6-5-9-24(22)25)16-29-27(33)13-12-21-8-4-7-11-26(21)34-3/h4-11,15,17,23,28H,12-14,16,18H2,1-3H3,(H,29,33). The van der Waals surface area contributed by atoms with Crippen molar-refractivity contribution in [1.82, 2.24) is 20.4 Å². The van der Waals surface area contributed by atoms with Gasteiger partial charge in [0.05, 0.1) is 19.4 Å². The normalized spacial score (nSPS) is 13.8. The van der Waals surface area contributed by atoms with Crippen molar-refractivity contribution in [3.05, 3.63) is 77.8 Å². The Morgan fingerprint density at radius 2 is 1.94 bits per heavy atom. The van der Waals surface area contributed by atoms with Crippen LogP contribution in [0.4, 0.5) is 0 Å². The highest BCUT2D eigenvalue weighted by Gasteiger charge is 2.28. The van der Waals surface area contributed by atoms with Gasteiger partial charge >= 0.3 is 0 Å². The van der Waals surface area contributed by atoms with Crippen LogP contribution in [0, 0.1) is 0 Å². The number of nitrogens with zero attached hydrogens (tertiary/aromatic N) is 2. The molecule has 9 heteroatoms. The van der Waals surface area contributed by atoms with Crippen LogP contribution in [-0.4, -0.2) is 53.4 Å². The number of hydroxylamine groups is 4. The maximum atomic E-state index is 12.8. The summed E-state index contributed by atoms with van der Waals surface area (Å²) in [6.07, 6.45) is 4.94. The van der Waals surface area contributed by atoms with Gasteiger partial charge in [0.1, 0.15) is 11.5 Å². The van der Waals surface area contributed by atoms with Gasteiger partial charge in [0.15, 0.2) is 6.73 Å². The number of aromatic amines is 1. The summed E-state index contributed by atoms with van der Waals surface area (Å²) < 4.78 is 10.8.